The quantitative estimate of drug-likeness (QED) is 0.579. The zero-order valence-corrected chi connectivity index (χ0v) is 6.56. The zero-order valence-electron chi connectivity index (χ0n) is 5.74. The van der Waals surface area contributed by atoms with E-state index in [1.54, 1.807) is 6.07 Å². The standard InChI is InChI=1S/C8H7NOS/c10-8-3-1-2-7-6(8)4-5-11-9-7/h1-5,9-10H. The topological polar surface area (TPSA) is 32.3 Å². The molecular weight excluding hydrogens is 158 g/mol. The van der Waals surface area contributed by atoms with Crippen molar-refractivity contribution in [3.63, 3.8) is 0 Å². The van der Waals surface area contributed by atoms with Gasteiger partial charge < -0.3 is 9.83 Å². The van der Waals surface area contributed by atoms with Crippen molar-refractivity contribution < 1.29 is 5.11 Å². The number of anilines is 1. The van der Waals surface area contributed by atoms with Gasteiger partial charge in [0.2, 0.25) is 0 Å². The van der Waals surface area contributed by atoms with E-state index < -0.39 is 0 Å². The van der Waals surface area contributed by atoms with E-state index in [9.17, 15) is 5.11 Å². The summed E-state index contributed by atoms with van der Waals surface area (Å²) in [6.45, 7) is 0. The van der Waals surface area contributed by atoms with Gasteiger partial charge in [-0.1, -0.05) is 6.07 Å². The molecule has 2 N–H and O–H groups in total. The molecule has 1 aliphatic heterocycles. The number of rotatable bonds is 0. The fourth-order valence-electron chi connectivity index (χ4n) is 1.02. The minimum absolute atomic E-state index is 0.326. The highest BCUT2D eigenvalue weighted by atomic mass is 32.2. The zero-order chi connectivity index (χ0) is 7.68. The van der Waals surface area contributed by atoms with Crippen LogP contribution in [0, 0.1) is 0 Å². The maximum Gasteiger partial charge on any atom is 0.124 e. The molecule has 0 saturated heterocycles. The van der Waals surface area contributed by atoms with Gasteiger partial charge in [-0.25, -0.2) is 0 Å². The van der Waals surface area contributed by atoms with Gasteiger partial charge in [0, 0.05) is 5.56 Å². The largest absolute Gasteiger partial charge is 0.507 e. The van der Waals surface area contributed by atoms with Gasteiger partial charge in [-0.15, -0.1) is 0 Å². The van der Waals surface area contributed by atoms with Gasteiger partial charge in [-0.05, 0) is 35.6 Å². The minimum Gasteiger partial charge on any atom is -0.507 e. The van der Waals surface area contributed by atoms with Crippen LogP contribution in [0.2, 0.25) is 0 Å². The lowest BCUT2D eigenvalue weighted by Crippen LogP contribution is -1.91. The Morgan fingerprint density at radius 1 is 1.36 bits per heavy atom. The summed E-state index contributed by atoms with van der Waals surface area (Å²) in [5.74, 6) is 0.326. The molecule has 1 aliphatic rings. The van der Waals surface area contributed by atoms with Crippen molar-refractivity contribution in [1.82, 2.24) is 0 Å². The van der Waals surface area contributed by atoms with Crippen LogP contribution in [0.4, 0.5) is 5.69 Å². The first-order valence-electron chi connectivity index (χ1n) is 3.28. The van der Waals surface area contributed by atoms with Crippen molar-refractivity contribution in [2.45, 2.75) is 0 Å². The molecule has 1 aromatic rings. The molecule has 0 saturated carbocycles. The van der Waals surface area contributed by atoms with E-state index in [1.807, 2.05) is 23.6 Å². The summed E-state index contributed by atoms with van der Waals surface area (Å²) >= 11 is 1.50. The van der Waals surface area contributed by atoms with Crippen LogP contribution in [0.5, 0.6) is 5.75 Å². The monoisotopic (exact) mass is 165 g/mol. The normalized spacial score (nSPS) is 13.8. The third-order valence-corrected chi connectivity index (χ3v) is 2.16. The van der Waals surface area contributed by atoms with Crippen LogP contribution < -0.4 is 4.72 Å². The highest BCUT2D eigenvalue weighted by Gasteiger charge is 2.06. The van der Waals surface area contributed by atoms with Gasteiger partial charge in [-0.2, -0.15) is 0 Å². The number of nitrogens with one attached hydrogen (secondary N) is 1. The molecule has 0 aliphatic carbocycles. The van der Waals surface area contributed by atoms with E-state index in [4.69, 9.17) is 0 Å². The Labute approximate surface area is 69.1 Å². The van der Waals surface area contributed by atoms with Crippen LogP contribution in [-0.4, -0.2) is 5.11 Å². The van der Waals surface area contributed by atoms with Crippen LogP contribution in [0.15, 0.2) is 23.6 Å². The lowest BCUT2D eigenvalue weighted by Gasteiger charge is -2.11. The van der Waals surface area contributed by atoms with E-state index in [2.05, 4.69) is 4.72 Å². The first kappa shape index (κ1) is 6.61. The number of fused-ring (bicyclic) bond motifs is 1. The van der Waals surface area contributed by atoms with E-state index in [-0.39, 0.29) is 0 Å². The van der Waals surface area contributed by atoms with Crippen molar-refractivity contribution in [1.29, 1.82) is 0 Å². The third kappa shape index (κ3) is 1.07. The van der Waals surface area contributed by atoms with Crippen LogP contribution in [0.1, 0.15) is 5.56 Å². The molecule has 2 nitrogen and oxygen atoms in total. The van der Waals surface area contributed by atoms with Crippen molar-refractivity contribution in [2.75, 3.05) is 4.72 Å². The number of phenolic OH excluding ortho intramolecular Hbond substituents is 1. The Morgan fingerprint density at radius 3 is 3.09 bits per heavy atom. The predicted molar refractivity (Wildman–Crippen MR) is 48.4 cm³/mol. The average molecular weight is 165 g/mol. The smallest absolute Gasteiger partial charge is 0.124 e. The molecule has 0 unspecified atom stereocenters. The molecule has 56 valence electrons. The highest BCUT2D eigenvalue weighted by molar-refractivity contribution is 8.03. The van der Waals surface area contributed by atoms with Crippen molar-refractivity contribution in [3.8, 4) is 5.75 Å². The van der Waals surface area contributed by atoms with Crippen molar-refractivity contribution in [3.05, 3.63) is 29.2 Å². The number of hydrogen-bond donors (Lipinski definition) is 2. The maximum absolute atomic E-state index is 9.36. The van der Waals surface area contributed by atoms with Gasteiger partial charge in [-0.3, -0.25) is 0 Å². The van der Waals surface area contributed by atoms with Gasteiger partial charge in [0.25, 0.3) is 0 Å². The van der Waals surface area contributed by atoms with Crippen LogP contribution >= 0.6 is 11.9 Å². The Balaban J connectivity index is 2.60. The highest BCUT2D eigenvalue weighted by Crippen LogP contribution is 2.32. The fraction of sp³-hybridized carbons (Fsp3) is 0. The Hall–Kier alpha value is -1.09. The third-order valence-electron chi connectivity index (χ3n) is 1.55. The van der Waals surface area contributed by atoms with Crippen LogP contribution in [0.3, 0.4) is 0 Å². The lowest BCUT2D eigenvalue weighted by molar-refractivity contribution is 0.474. The minimum atomic E-state index is 0.326. The summed E-state index contributed by atoms with van der Waals surface area (Å²) in [5, 5.41) is 11.3. The Kier molecular flexibility index (Phi) is 1.51. The second-order valence-electron chi connectivity index (χ2n) is 2.26. The van der Waals surface area contributed by atoms with E-state index in [0.717, 1.165) is 11.3 Å². The molecule has 0 spiro atoms. The average Bonchev–Trinajstić information content (AvgIpc) is 2.06. The van der Waals surface area contributed by atoms with E-state index in [1.165, 1.54) is 11.9 Å². The molecule has 1 heterocycles. The number of phenols is 1. The predicted octanol–water partition coefficient (Wildman–Crippen LogP) is 2.44. The second-order valence-corrected chi connectivity index (χ2v) is 2.97. The molecule has 0 fully saturated rings. The van der Waals surface area contributed by atoms with Crippen LogP contribution in [0.25, 0.3) is 6.08 Å². The number of benzene rings is 1. The summed E-state index contributed by atoms with van der Waals surface area (Å²) in [6.07, 6.45) is 1.89. The summed E-state index contributed by atoms with van der Waals surface area (Å²) in [7, 11) is 0. The number of aromatic hydroxyl groups is 1. The molecule has 0 aromatic heterocycles. The Bertz CT molecular complexity index is 309. The lowest BCUT2D eigenvalue weighted by atomic mass is 10.1. The SMILES string of the molecule is Oc1cccc2c1C=CSN2. The summed E-state index contributed by atoms with van der Waals surface area (Å²) in [5.41, 5.74) is 1.84. The van der Waals surface area contributed by atoms with Crippen molar-refractivity contribution in [2.24, 2.45) is 0 Å². The summed E-state index contributed by atoms with van der Waals surface area (Å²) in [4.78, 5) is 0. The van der Waals surface area contributed by atoms with Gasteiger partial charge in [0.15, 0.2) is 0 Å². The van der Waals surface area contributed by atoms with E-state index >= 15 is 0 Å². The van der Waals surface area contributed by atoms with Crippen LogP contribution in [-0.2, 0) is 0 Å². The molecular formula is C8H7NOS. The van der Waals surface area contributed by atoms with Gasteiger partial charge in [0.05, 0.1) is 5.69 Å². The van der Waals surface area contributed by atoms with E-state index in [0.29, 0.717) is 5.75 Å². The summed E-state index contributed by atoms with van der Waals surface area (Å²) < 4.78 is 3.07. The number of hydrogen-bond acceptors (Lipinski definition) is 3. The molecule has 1 aromatic carbocycles. The first-order valence-corrected chi connectivity index (χ1v) is 4.16. The first-order chi connectivity index (χ1) is 5.38. The molecule has 0 amide bonds. The molecule has 0 bridgehead atoms. The molecule has 0 radical (unpaired) electrons. The fourth-order valence-corrected chi connectivity index (χ4v) is 1.59. The van der Waals surface area contributed by atoms with Crippen molar-refractivity contribution >= 4 is 23.7 Å². The molecule has 0 atom stereocenters. The molecule has 11 heavy (non-hydrogen) atoms. The summed E-state index contributed by atoms with van der Waals surface area (Å²) in [6, 6.07) is 5.44. The molecule has 3 heteroatoms. The van der Waals surface area contributed by atoms with Gasteiger partial charge in [0.1, 0.15) is 5.75 Å². The molecule has 2 rings (SSSR count). The second kappa shape index (κ2) is 2.51. The maximum atomic E-state index is 9.36. The van der Waals surface area contributed by atoms with Gasteiger partial charge >= 0.3 is 0 Å². The Morgan fingerprint density at radius 2 is 2.27 bits per heavy atom.